The Balaban J connectivity index is 1.76. The molecule has 30 heavy (non-hydrogen) atoms. The van der Waals surface area contributed by atoms with E-state index in [-0.39, 0.29) is 11.5 Å². The van der Waals surface area contributed by atoms with E-state index in [2.05, 4.69) is 10.1 Å². The maximum Gasteiger partial charge on any atom is 0.387 e. The number of alkyl halides is 2. The molecular formula is C21H20ClF2NO5. The molecule has 0 unspecified atom stereocenters. The molecule has 2 rings (SSSR count). The van der Waals surface area contributed by atoms with Crippen molar-refractivity contribution in [3.8, 4) is 11.5 Å². The van der Waals surface area contributed by atoms with E-state index in [1.165, 1.54) is 31.4 Å². The summed E-state index contributed by atoms with van der Waals surface area (Å²) < 4.78 is 38.8. The summed E-state index contributed by atoms with van der Waals surface area (Å²) >= 11 is 5.81. The highest BCUT2D eigenvalue weighted by molar-refractivity contribution is 6.30. The summed E-state index contributed by atoms with van der Waals surface area (Å²) in [6, 6.07) is 11.4. The van der Waals surface area contributed by atoms with Crippen LogP contribution >= 0.6 is 11.6 Å². The lowest BCUT2D eigenvalue weighted by Gasteiger charge is -2.10. The Bertz CT molecular complexity index is 887. The second-order valence-corrected chi connectivity index (χ2v) is 6.39. The minimum absolute atomic E-state index is 0.0888. The largest absolute Gasteiger partial charge is 0.493 e. The average Bonchev–Trinajstić information content (AvgIpc) is 2.72. The maximum absolute atomic E-state index is 12.3. The fraction of sp³-hybridized carbons (Fsp3) is 0.238. The van der Waals surface area contributed by atoms with Crippen LogP contribution in [0, 0.1) is 0 Å². The molecule has 0 radical (unpaired) electrons. The summed E-state index contributed by atoms with van der Waals surface area (Å²) in [5.41, 5.74) is 1.51. The number of amides is 1. The van der Waals surface area contributed by atoms with Gasteiger partial charge >= 0.3 is 12.6 Å². The third-order valence-corrected chi connectivity index (χ3v) is 4.06. The second-order valence-electron chi connectivity index (χ2n) is 5.96. The van der Waals surface area contributed by atoms with Gasteiger partial charge in [-0.3, -0.25) is 4.79 Å². The number of nitrogens with one attached hydrogen (secondary N) is 1. The molecule has 1 amide bonds. The molecule has 0 aromatic heterocycles. The first-order valence-electron chi connectivity index (χ1n) is 8.86. The van der Waals surface area contributed by atoms with Gasteiger partial charge in [0.15, 0.2) is 18.1 Å². The van der Waals surface area contributed by atoms with Crippen LogP contribution in [-0.2, 0) is 20.7 Å². The predicted molar refractivity (Wildman–Crippen MR) is 108 cm³/mol. The monoisotopic (exact) mass is 439 g/mol. The van der Waals surface area contributed by atoms with E-state index in [0.717, 1.165) is 11.6 Å². The molecule has 2 aromatic carbocycles. The number of esters is 1. The van der Waals surface area contributed by atoms with Gasteiger partial charge in [-0.25, -0.2) is 4.79 Å². The van der Waals surface area contributed by atoms with Crippen molar-refractivity contribution < 1.29 is 32.6 Å². The van der Waals surface area contributed by atoms with Gasteiger partial charge in [0, 0.05) is 17.6 Å². The minimum Gasteiger partial charge on any atom is -0.493 e. The van der Waals surface area contributed by atoms with Crippen LogP contribution in [0.5, 0.6) is 11.5 Å². The van der Waals surface area contributed by atoms with E-state index in [1.54, 1.807) is 12.1 Å². The molecule has 0 aliphatic carbocycles. The maximum atomic E-state index is 12.3. The standard InChI is InChI=1S/C21H20ClF2NO5/c1-28-18-12-15(4-8-17(18)30-21(23)24)5-9-20(27)29-13-19(26)25-11-10-14-2-6-16(22)7-3-14/h2-9,12,21H,10-11,13H2,1H3,(H,25,26). The van der Waals surface area contributed by atoms with Gasteiger partial charge in [-0.1, -0.05) is 29.8 Å². The number of carbonyl (C=O) groups excluding carboxylic acids is 2. The van der Waals surface area contributed by atoms with Crippen LogP contribution in [0.15, 0.2) is 48.5 Å². The number of methoxy groups -OCH3 is 1. The van der Waals surface area contributed by atoms with Gasteiger partial charge in [0.25, 0.3) is 5.91 Å². The second kappa shape index (κ2) is 11.8. The van der Waals surface area contributed by atoms with Crippen LogP contribution < -0.4 is 14.8 Å². The molecule has 0 spiro atoms. The molecule has 0 saturated heterocycles. The van der Waals surface area contributed by atoms with Crippen molar-refractivity contribution in [3.63, 3.8) is 0 Å². The van der Waals surface area contributed by atoms with Gasteiger partial charge in [0.1, 0.15) is 0 Å². The molecule has 160 valence electrons. The lowest BCUT2D eigenvalue weighted by molar-refractivity contribution is -0.143. The zero-order valence-electron chi connectivity index (χ0n) is 16.1. The molecule has 1 N–H and O–H groups in total. The van der Waals surface area contributed by atoms with Crippen LogP contribution in [-0.4, -0.2) is 38.7 Å². The van der Waals surface area contributed by atoms with Crippen molar-refractivity contribution >= 4 is 29.6 Å². The van der Waals surface area contributed by atoms with Crippen molar-refractivity contribution in [3.05, 3.63) is 64.7 Å². The Hall–Kier alpha value is -3.13. The van der Waals surface area contributed by atoms with Gasteiger partial charge in [-0.05, 0) is 47.9 Å². The summed E-state index contributed by atoms with van der Waals surface area (Å²) in [5, 5.41) is 3.28. The van der Waals surface area contributed by atoms with Crippen LogP contribution in [0.4, 0.5) is 8.78 Å². The van der Waals surface area contributed by atoms with Gasteiger partial charge in [-0.15, -0.1) is 0 Å². The molecule has 0 saturated carbocycles. The fourth-order valence-corrected chi connectivity index (χ4v) is 2.50. The average molecular weight is 440 g/mol. The van der Waals surface area contributed by atoms with E-state index < -0.39 is 25.1 Å². The van der Waals surface area contributed by atoms with E-state index in [9.17, 15) is 18.4 Å². The Morgan fingerprint density at radius 2 is 1.87 bits per heavy atom. The molecule has 6 nitrogen and oxygen atoms in total. The summed E-state index contributed by atoms with van der Waals surface area (Å²) in [6.07, 6.45) is 3.13. The van der Waals surface area contributed by atoms with Crippen LogP contribution in [0.2, 0.25) is 5.02 Å². The summed E-state index contributed by atoms with van der Waals surface area (Å²) in [5.74, 6) is -1.19. The molecule has 9 heteroatoms. The highest BCUT2D eigenvalue weighted by Crippen LogP contribution is 2.29. The zero-order chi connectivity index (χ0) is 21.9. The summed E-state index contributed by atoms with van der Waals surface area (Å²) in [6.45, 7) is -3.01. The van der Waals surface area contributed by atoms with Gasteiger partial charge in [-0.2, -0.15) is 8.78 Å². The third-order valence-electron chi connectivity index (χ3n) is 3.81. The molecular weight excluding hydrogens is 420 g/mol. The molecule has 2 aromatic rings. The zero-order valence-corrected chi connectivity index (χ0v) is 16.8. The van der Waals surface area contributed by atoms with Crippen molar-refractivity contribution in [2.75, 3.05) is 20.3 Å². The number of carbonyl (C=O) groups is 2. The first kappa shape index (κ1) is 23.2. The van der Waals surface area contributed by atoms with Crippen molar-refractivity contribution in [2.24, 2.45) is 0 Å². The Morgan fingerprint density at radius 3 is 2.53 bits per heavy atom. The molecule has 0 bridgehead atoms. The van der Waals surface area contributed by atoms with Crippen LogP contribution in [0.3, 0.4) is 0 Å². The smallest absolute Gasteiger partial charge is 0.387 e. The topological polar surface area (TPSA) is 73.9 Å². The van der Waals surface area contributed by atoms with Crippen molar-refractivity contribution in [1.82, 2.24) is 5.32 Å². The first-order chi connectivity index (χ1) is 14.4. The number of benzene rings is 2. The van der Waals surface area contributed by atoms with E-state index in [1.807, 2.05) is 12.1 Å². The van der Waals surface area contributed by atoms with Crippen LogP contribution in [0.1, 0.15) is 11.1 Å². The number of rotatable bonds is 10. The number of hydrogen-bond acceptors (Lipinski definition) is 5. The lowest BCUT2D eigenvalue weighted by Crippen LogP contribution is -2.30. The lowest BCUT2D eigenvalue weighted by atomic mass is 10.1. The van der Waals surface area contributed by atoms with Crippen molar-refractivity contribution in [1.29, 1.82) is 0 Å². The SMILES string of the molecule is COc1cc(C=CC(=O)OCC(=O)NCCc2ccc(Cl)cc2)ccc1OC(F)F. The van der Waals surface area contributed by atoms with E-state index in [4.69, 9.17) is 21.1 Å². The normalized spacial score (nSPS) is 10.8. The van der Waals surface area contributed by atoms with E-state index >= 15 is 0 Å². The highest BCUT2D eigenvalue weighted by atomic mass is 35.5. The minimum atomic E-state index is -2.98. The number of halogens is 3. The Kier molecular flexibility index (Phi) is 9.08. The molecule has 0 heterocycles. The molecule has 0 fully saturated rings. The van der Waals surface area contributed by atoms with E-state index in [0.29, 0.717) is 23.6 Å². The third kappa shape index (κ3) is 8.08. The Morgan fingerprint density at radius 1 is 1.13 bits per heavy atom. The van der Waals surface area contributed by atoms with Crippen molar-refractivity contribution in [2.45, 2.75) is 13.0 Å². The first-order valence-corrected chi connectivity index (χ1v) is 9.24. The number of ether oxygens (including phenoxy) is 3. The number of hydrogen-bond donors (Lipinski definition) is 1. The molecule has 0 atom stereocenters. The summed E-state index contributed by atoms with van der Waals surface area (Å²) in [4.78, 5) is 23.5. The Labute approximate surface area is 177 Å². The molecule has 0 aliphatic rings. The predicted octanol–water partition coefficient (Wildman–Crippen LogP) is 3.87. The fourth-order valence-electron chi connectivity index (χ4n) is 2.38. The van der Waals surface area contributed by atoms with Gasteiger partial charge in [0.2, 0.25) is 0 Å². The van der Waals surface area contributed by atoms with Crippen LogP contribution in [0.25, 0.3) is 6.08 Å². The van der Waals surface area contributed by atoms with Gasteiger partial charge < -0.3 is 19.5 Å². The van der Waals surface area contributed by atoms with Gasteiger partial charge in [0.05, 0.1) is 7.11 Å². The quantitative estimate of drug-likeness (QED) is 0.449. The molecule has 0 aliphatic heterocycles. The highest BCUT2D eigenvalue weighted by Gasteiger charge is 2.10. The summed E-state index contributed by atoms with van der Waals surface area (Å²) in [7, 11) is 1.31.